The molecule has 1 aromatic rings. The van der Waals surface area contributed by atoms with Crippen LogP contribution in [0.15, 0.2) is 23.1 Å². The molecule has 26 heavy (non-hydrogen) atoms. The Morgan fingerprint density at radius 2 is 1.92 bits per heavy atom. The summed E-state index contributed by atoms with van der Waals surface area (Å²) in [6.45, 7) is 8.16. The Balaban J connectivity index is 1.86. The van der Waals surface area contributed by atoms with Crippen molar-refractivity contribution in [3.05, 3.63) is 23.8 Å². The Labute approximate surface area is 156 Å². The highest BCUT2D eigenvalue weighted by Crippen LogP contribution is 2.28. The first-order valence-corrected chi connectivity index (χ1v) is 10.6. The maximum atomic E-state index is 12.4. The van der Waals surface area contributed by atoms with Gasteiger partial charge in [-0.2, -0.15) is 0 Å². The number of hydrogen-bond donors (Lipinski definition) is 1. The third-order valence-electron chi connectivity index (χ3n) is 4.69. The molecule has 0 saturated carbocycles. The van der Waals surface area contributed by atoms with Crippen LogP contribution in [-0.4, -0.2) is 65.7 Å². The molecule has 1 aliphatic rings. The molecule has 1 aliphatic heterocycles. The highest BCUT2D eigenvalue weighted by molar-refractivity contribution is 7.89. The van der Waals surface area contributed by atoms with Crippen molar-refractivity contribution in [1.82, 2.24) is 9.62 Å². The first-order valence-electron chi connectivity index (χ1n) is 9.08. The van der Waals surface area contributed by atoms with E-state index in [0.717, 1.165) is 30.9 Å². The Morgan fingerprint density at radius 1 is 1.19 bits per heavy atom. The van der Waals surface area contributed by atoms with Gasteiger partial charge in [-0.25, -0.2) is 13.1 Å². The van der Waals surface area contributed by atoms with Crippen molar-refractivity contribution in [2.45, 2.75) is 31.6 Å². The normalized spacial score (nSPS) is 14.8. The lowest BCUT2D eigenvalue weighted by Gasteiger charge is -2.26. The van der Waals surface area contributed by atoms with Gasteiger partial charge in [-0.3, -0.25) is 4.79 Å². The van der Waals surface area contributed by atoms with Gasteiger partial charge in [0.25, 0.3) is 0 Å². The van der Waals surface area contributed by atoms with E-state index in [9.17, 15) is 13.2 Å². The monoisotopic (exact) mass is 383 g/mol. The van der Waals surface area contributed by atoms with Gasteiger partial charge in [0.05, 0.1) is 18.1 Å². The number of nitrogens with one attached hydrogen (secondary N) is 1. The zero-order valence-corrected chi connectivity index (χ0v) is 16.6. The summed E-state index contributed by atoms with van der Waals surface area (Å²) in [4.78, 5) is 15.8. The predicted molar refractivity (Wildman–Crippen MR) is 102 cm³/mol. The molecular formula is C18H29N3O4S. The van der Waals surface area contributed by atoms with E-state index in [1.54, 1.807) is 24.1 Å². The lowest BCUT2D eigenvalue weighted by molar-refractivity contribution is -0.118. The first-order chi connectivity index (χ1) is 12.4. The average Bonchev–Trinajstić information content (AvgIpc) is 2.64. The van der Waals surface area contributed by atoms with E-state index < -0.39 is 10.0 Å². The number of anilines is 1. The summed E-state index contributed by atoms with van der Waals surface area (Å²) < 4.78 is 33.0. The Morgan fingerprint density at radius 3 is 2.62 bits per heavy atom. The molecule has 0 bridgehead atoms. The zero-order valence-electron chi connectivity index (χ0n) is 15.8. The standard InChI is InChI=1S/C18H29N3O4S/c1-4-21(5-2)11-13-25-12-10-19-26(23,24)16-7-8-17-15(14-16)6-9-18(22)20(17)3/h7-8,14,19H,4-6,9-13H2,1-3H3. The summed E-state index contributed by atoms with van der Waals surface area (Å²) in [6.07, 6.45) is 0.969. The number of carbonyl (C=O) groups is 1. The van der Waals surface area contributed by atoms with E-state index in [-0.39, 0.29) is 17.3 Å². The number of rotatable bonds is 10. The molecule has 0 aromatic heterocycles. The van der Waals surface area contributed by atoms with Gasteiger partial charge in [0.15, 0.2) is 0 Å². The predicted octanol–water partition coefficient (Wildman–Crippen LogP) is 1.23. The van der Waals surface area contributed by atoms with E-state index in [4.69, 9.17) is 4.74 Å². The maximum absolute atomic E-state index is 12.4. The van der Waals surface area contributed by atoms with Crippen molar-refractivity contribution in [1.29, 1.82) is 0 Å². The van der Waals surface area contributed by atoms with Gasteiger partial charge in [0.1, 0.15) is 0 Å². The molecule has 0 atom stereocenters. The molecule has 7 nitrogen and oxygen atoms in total. The third-order valence-corrected chi connectivity index (χ3v) is 6.15. The van der Waals surface area contributed by atoms with Crippen LogP contribution < -0.4 is 9.62 Å². The molecular weight excluding hydrogens is 354 g/mol. The van der Waals surface area contributed by atoms with E-state index >= 15 is 0 Å². The van der Waals surface area contributed by atoms with Gasteiger partial charge >= 0.3 is 0 Å². The van der Waals surface area contributed by atoms with Gasteiger partial charge in [0.2, 0.25) is 15.9 Å². The summed E-state index contributed by atoms with van der Waals surface area (Å²) in [5.74, 6) is 0.0492. The van der Waals surface area contributed by atoms with Crippen LogP contribution in [0.4, 0.5) is 5.69 Å². The van der Waals surface area contributed by atoms with Crippen molar-refractivity contribution < 1.29 is 17.9 Å². The quantitative estimate of drug-likeness (QED) is 0.615. The van der Waals surface area contributed by atoms with E-state index in [0.29, 0.717) is 26.1 Å². The highest BCUT2D eigenvalue weighted by Gasteiger charge is 2.23. The van der Waals surface area contributed by atoms with Gasteiger partial charge in [-0.1, -0.05) is 13.8 Å². The number of ether oxygens (including phenoxy) is 1. The molecule has 0 radical (unpaired) electrons. The number of amides is 1. The zero-order chi connectivity index (χ0) is 19.2. The first kappa shape index (κ1) is 20.8. The molecule has 1 N–H and O–H groups in total. The van der Waals surface area contributed by atoms with Gasteiger partial charge in [0, 0.05) is 32.2 Å². The fraction of sp³-hybridized carbons (Fsp3) is 0.611. The number of benzene rings is 1. The Kier molecular flexibility index (Phi) is 7.57. The highest BCUT2D eigenvalue weighted by atomic mass is 32.2. The summed E-state index contributed by atoms with van der Waals surface area (Å²) >= 11 is 0. The van der Waals surface area contributed by atoms with Gasteiger partial charge < -0.3 is 14.5 Å². The molecule has 1 amide bonds. The maximum Gasteiger partial charge on any atom is 0.240 e. The van der Waals surface area contributed by atoms with Gasteiger partial charge in [-0.05, 0) is 43.3 Å². The van der Waals surface area contributed by atoms with Crippen LogP contribution in [0.3, 0.4) is 0 Å². The SMILES string of the molecule is CCN(CC)CCOCCNS(=O)(=O)c1ccc2c(c1)CCC(=O)N2C. The number of likely N-dealkylation sites (N-methyl/N-ethyl adjacent to an activating group) is 1. The van der Waals surface area contributed by atoms with Gasteiger partial charge in [-0.15, -0.1) is 0 Å². The number of fused-ring (bicyclic) bond motifs is 1. The summed E-state index contributed by atoms with van der Waals surface area (Å²) in [5.41, 5.74) is 1.66. The van der Waals surface area contributed by atoms with Crippen molar-refractivity contribution in [2.75, 3.05) is 51.3 Å². The second-order valence-corrected chi connectivity index (χ2v) is 8.05. The van der Waals surface area contributed by atoms with Crippen LogP contribution in [0.5, 0.6) is 0 Å². The second-order valence-electron chi connectivity index (χ2n) is 6.28. The van der Waals surface area contributed by atoms with Crippen molar-refractivity contribution in [3.8, 4) is 0 Å². The molecule has 146 valence electrons. The van der Waals surface area contributed by atoms with Crippen LogP contribution in [0.1, 0.15) is 25.8 Å². The van der Waals surface area contributed by atoms with Crippen molar-refractivity contribution in [3.63, 3.8) is 0 Å². The minimum absolute atomic E-state index is 0.0492. The third kappa shape index (κ3) is 5.26. The molecule has 0 unspecified atom stereocenters. The van der Waals surface area contributed by atoms with Crippen LogP contribution >= 0.6 is 0 Å². The Hall–Kier alpha value is -1.48. The molecule has 0 aliphatic carbocycles. The van der Waals surface area contributed by atoms with Crippen LogP contribution in [0.25, 0.3) is 0 Å². The fourth-order valence-electron chi connectivity index (χ4n) is 2.97. The summed E-state index contributed by atoms with van der Waals surface area (Å²) in [6, 6.07) is 4.89. The number of aryl methyl sites for hydroxylation is 1. The minimum atomic E-state index is -3.58. The van der Waals surface area contributed by atoms with E-state index in [1.807, 2.05) is 0 Å². The summed E-state index contributed by atoms with van der Waals surface area (Å²) in [5, 5.41) is 0. The average molecular weight is 384 g/mol. The lowest BCUT2D eigenvalue weighted by atomic mass is 10.0. The Bertz CT molecular complexity index is 717. The molecule has 1 aromatic carbocycles. The van der Waals surface area contributed by atoms with Crippen molar-refractivity contribution in [2.24, 2.45) is 0 Å². The molecule has 2 rings (SSSR count). The molecule has 1 heterocycles. The van der Waals surface area contributed by atoms with E-state index in [1.165, 1.54) is 6.07 Å². The second kappa shape index (κ2) is 9.45. The smallest absolute Gasteiger partial charge is 0.240 e. The number of hydrogen-bond acceptors (Lipinski definition) is 5. The van der Waals surface area contributed by atoms with Crippen LogP contribution in [-0.2, 0) is 26.0 Å². The van der Waals surface area contributed by atoms with Crippen molar-refractivity contribution >= 4 is 21.6 Å². The number of nitrogens with zero attached hydrogens (tertiary/aromatic N) is 2. The molecule has 0 fully saturated rings. The molecule has 0 saturated heterocycles. The van der Waals surface area contributed by atoms with Crippen LogP contribution in [0, 0.1) is 0 Å². The summed E-state index contributed by atoms with van der Waals surface area (Å²) in [7, 11) is -1.87. The lowest BCUT2D eigenvalue weighted by Crippen LogP contribution is -2.32. The topological polar surface area (TPSA) is 79.0 Å². The molecule has 0 spiro atoms. The molecule has 8 heteroatoms. The number of carbonyl (C=O) groups excluding carboxylic acids is 1. The fourth-order valence-corrected chi connectivity index (χ4v) is 4.03. The minimum Gasteiger partial charge on any atom is -0.379 e. The van der Waals surface area contributed by atoms with E-state index in [2.05, 4.69) is 23.5 Å². The number of sulfonamides is 1. The largest absolute Gasteiger partial charge is 0.379 e. The van der Waals surface area contributed by atoms with Crippen LogP contribution in [0.2, 0.25) is 0 Å².